The molecule has 19 heavy (non-hydrogen) atoms. The number of carbonyl (C=O) groups is 2. The number of nitrogens with one attached hydrogen (secondary N) is 1. The van der Waals surface area contributed by atoms with E-state index in [1.165, 1.54) is 0 Å². The summed E-state index contributed by atoms with van der Waals surface area (Å²) < 4.78 is 0. The number of anilines is 1. The van der Waals surface area contributed by atoms with Gasteiger partial charge in [0.25, 0.3) is 5.91 Å². The first kappa shape index (κ1) is 13.0. The first-order chi connectivity index (χ1) is 9.10. The van der Waals surface area contributed by atoms with Crippen LogP contribution in [-0.4, -0.2) is 17.2 Å². The zero-order valence-corrected chi connectivity index (χ0v) is 10.8. The first-order valence-corrected chi connectivity index (χ1v) is 5.91. The van der Waals surface area contributed by atoms with Crippen LogP contribution in [0.15, 0.2) is 36.4 Å². The largest absolute Gasteiger partial charge is 0.322 e. The van der Waals surface area contributed by atoms with Crippen molar-refractivity contribution in [1.29, 1.82) is 0 Å². The van der Waals surface area contributed by atoms with Crippen LogP contribution in [0.2, 0.25) is 0 Å². The van der Waals surface area contributed by atoms with E-state index in [1.54, 1.807) is 43.3 Å². The molecular formula is C15H14N2O2. The molecule has 1 aromatic heterocycles. The van der Waals surface area contributed by atoms with E-state index in [0.29, 0.717) is 22.5 Å². The maximum atomic E-state index is 12.1. The summed E-state index contributed by atoms with van der Waals surface area (Å²) in [6.45, 7) is 3.67. The number of aryl methyl sites for hydroxylation is 2. The molecule has 0 radical (unpaired) electrons. The molecule has 1 heterocycles. The second-order valence-corrected chi connectivity index (χ2v) is 4.28. The van der Waals surface area contributed by atoms with Crippen molar-refractivity contribution in [3.05, 3.63) is 58.9 Å². The summed E-state index contributed by atoms with van der Waals surface area (Å²) in [5.74, 6) is -0.229. The average molecular weight is 254 g/mol. The van der Waals surface area contributed by atoms with Gasteiger partial charge in [0.15, 0.2) is 0 Å². The number of pyridine rings is 1. The predicted octanol–water partition coefficient (Wildman–Crippen LogP) is 2.76. The van der Waals surface area contributed by atoms with Crippen molar-refractivity contribution >= 4 is 17.9 Å². The average Bonchev–Trinajstić information content (AvgIpc) is 2.38. The van der Waals surface area contributed by atoms with Gasteiger partial charge in [-0.2, -0.15) is 0 Å². The molecule has 96 valence electrons. The zero-order valence-electron chi connectivity index (χ0n) is 10.8. The van der Waals surface area contributed by atoms with Crippen LogP contribution >= 0.6 is 0 Å². The molecule has 0 saturated heterocycles. The normalized spacial score (nSPS) is 10.0. The topological polar surface area (TPSA) is 59.1 Å². The van der Waals surface area contributed by atoms with Crippen molar-refractivity contribution in [2.24, 2.45) is 0 Å². The van der Waals surface area contributed by atoms with Crippen LogP contribution in [0.5, 0.6) is 0 Å². The summed E-state index contributed by atoms with van der Waals surface area (Å²) in [7, 11) is 0. The Bertz CT molecular complexity index is 636. The molecule has 0 aliphatic heterocycles. The summed E-state index contributed by atoms with van der Waals surface area (Å²) in [4.78, 5) is 27.0. The number of rotatable bonds is 3. The molecule has 0 spiro atoms. The smallest absolute Gasteiger partial charge is 0.257 e. The Morgan fingerprint density at radius 3 is 2.68 bits per heavy atom. The third-order valence-electron chi connectivity index (χ3n) is 2.75. The monoisotopic (exact) mass is 254 g/mol. The van der Waals surface area contributed by atoms with Gasteiger partial charge in [-0.05, 0) is 38.1 Å². The Kier molecular flexibility index (Phi) is 3.71. The Morgan fingerprint density at radius 1 is 1.21 bits per heavy atom. The van der Waals surface area contributed by atoms with E-state index in [9.17, 15) is 9.59 Å². The van der Waals surface area contributed by atoms with E-state index in [2.05, 4.69) is 10.3 Å². The highest BCUT2D eigenvalue weighted by Crippen LogP contribution is 2.13. The number of hydrogen-bond acceptors (Lipinski definition) is 3. The molecule has 2 aromatic rings. The zero-order chi connectivity index (χ0) is 13.8. The van der Waals surface area contributed by atoms with Crippen molar-refractivity contribution in [2.45, 2.75) is 13.8 Å². The van der Waals surface area contributed by atoms with Crippen LogP contribution in [0.1, 0.15) is 32.1 Å². The second kappa shape index (κ2) is 5.44. The lowest BCUT2D eigenvalue weighted by molar-refractivity contribution is 0.102. The third kappa shape index (κ3) is 3.04. The molecule has 0 atom stereocenters. The molecule has 0 bridgehead atoms. The molecular weight excluding hydrogens is 240 g/mol. The van der Waals surface area contributed by atoms with E-state index in [1.807, 2.05) is 6.92 Å². The number of amides is 1. The SMILES string of the molecule is Cc1ccc(C(=O)Nc2cccc(C=O)c2)c(C)n1. The highest BCUT2D eigenvalue weighted by Gasteiger charge is 2.10. The summed E-state index contributed by atoms with van der Waals surface area (Å²) in [5, 5.41) is 2.76. The van der Waals surface area contributed by atoms with Crippen molar-refractivity contribution < 1.29 is 9.59 Å². The van der Waals surface area contributed by atoms with Gasteiger partial charge in [-0.25, -0.2) is 0 Å². The standard InChI is InChI=1S/C15H14N2O2/c1-10-6-7-14(11(2)16-10)15(19)17-13-5-3-4-12(8-13)9-18/h3-9H,1-2H3,(H,17,19). The molecule has 1 N–H and O–H groups in total. The van der Waals surface area contributed by atoms with Crippen LogP contribution in [0.4, 0.5) is 5.69 Å². The van der Waals surface area contributed by atoms with Crippen LogP contribution in [0, 0.1) is 13.8 Å². The van der Waals surface area contributed by atoms with Gasteiger partial charge in [0.2, 0.25) is 0 Å². The Morgan fingerprint density at radius 2 is 2.00 bits per heavy atom. The summed E-state index contributed by atoms with van der Waals surface area (Å²) >= 11 is 0. The number of benzene rings is 1. The Labute approximate surface area is 111 Å². The summed E-state index contributed by atoms with van der Waals surface area (Å²) in [5.41, 5.74) is 3.20. The minimum Gasteiger partial charge on any atom is -0.322 e. The van der Waals surface area contributed by atoms with Crippen LogP contribution < -0.4 is 5.32 Å². The highest BCUT2D eigenvalue weighted by atomic mass is 16.1. The number of carbonyl (C=O) groups excluding carboxylic acids is 2. The van der Waals surface area contributed by atoms with Crippen molar-refractivity contribution in [3.8, 4) is 0 Å². The second-order valence-electron chi connectivity index (χ2n) is 4.28. The predicted molar refractivity (Wildman–Crippen MR) is 73.5 cm³/mol. The van der Waals surface area contributed by atoms with Gasteiger partial charge >= 0.3 is 0 Å². The maximum absolute atomic E-state index is 12.1. The van der Waals surface area contributed by atoms with Crippen LogP contribution in [0.3, 0.4) is 0 Å². The molecule has 1 amide bonds. The molecule has 0 saturated carbocycles. The third-order valence-corrected chi connectivity index (χ3v) is 2.75. The van der Waals surface area contributed by atoms with Gasteiger partial charge < -0.3 is 5.32 Å². The number of aldehydes is 1. The van der Waals surface area contributed by atoms with Crippen molar-refractivity contribution in [2.75, 3.05) is 5.32 Å². The molecule has 0 unspecified atom stereocenters. The maximum Gasteiger partial charge on any atom is 0.257 e. The minimum atomic E-state index is -0.229. The highest BCUT2D eigenvalue weighted by molar-refractivity contribution is 6.05. The van der Waals surface area contributed by atoms with Gasteiger partial charge in [0.05, 0.1) is 11.3 Å². The molecule has 1 aromatic carbocycles. The summed E-state index contributed by atoms with van der Waals surface area (Å²) in [6, 6.07) is 10.3. The van der Waals surface area contributed by atoms with E-state index in [-0.39, 0.29) is 5.91 Å². The molecule has 4 nitrogen and oxygen atoms in total. The fraction of sp³-hybridized carbons (Fsp3) is 0.133. The van der Waals surface area contributed by atoms with Crippen molar-refractivity contribution in [1.82, 2.24) is 4.98 Å². The summed E-state index contributed by atoms with van der Waals surface area (Å²) in [6.07, 6.45) is 0.744. The van der Waals surface area contributed by atoms with E-state index < -0.39 is 0 Å². The molecule has 0 aliphatic rings. The Balaban J connectivity index is 2.22. The van der Waals surface area contributed by atoms with Gasteiger partial charge in [-0.1, -0.05) is 12.1 Å². The van der Waals surface area contributed by atoms with Gasteiger partial charge in [0, 0.05) is 16.9 Å². The lowest BCUT2D eigenvalue weighted by Gasteiger charge is -2.08. The van der Waals surface area contributed by atoms with Crippen LogP contribution in [-0.2, 0) is 0 Å². The quantitative estimate of drug-likeness (QED) is 0.857. The lowest BCUT2D eigenvalue weighted by atomic mass is 10.1. The number of nitrogens with zero attached hydrogens (tertiary/aromatic N) is 1. The molecule has 2 rings (SSSR count). The fourth-order valence-corrected chi connectivity index (χ4v) is 1.81. The molecule has 0 aliphatic carbocycles. The minimum absolute atomic E-state index is 0.229. The van der Waals surface area contributed by atoms with Gasteiger partial charge in [-0.3, -0.25) is 14.6 Å². The van der Waals surface area contributed by atoms with Crippen molar-refractivity contribution in [3.63, 3.8) is 0 Å². The van der Waals surface area contributed by atoms with E-state index >= 15 is 0 Å². The molecule has 4 heteroatoms. The van der Waals surface area contributed by atoms with Crippen LogP contribution in [0.25, 0.3) is 0 Å². The van der Waals surface area contributed by atoms with Gasteiger partial charge in [0.1, 0.15) is 6.29 Å². The number of aromatic nitrogens is 1. The number of hydrogen-bond donors (Lipinski definition) is 1. The first-order valence-electron chi connectivity index (χ1n) is 5.91. The van der Waals surface area contributed by atoms with Gasteiger partial charge in [-0.15, -0.1) is 0 Å². The fourth-order valence-electron chi connectivity index (χ4n) is 1.81. The lowest BCUT2D eigenvalue weighted by Crippen LogP contribution is -2.14. The van der Waals surface area contributed by atoms with E-state index in [0.717, 1.165) is 12.0 Å². The van der Waals surface area contributed by atoms with E-state index in [4.69, 9.17) is 0 Å². The molecule has 0 fully saturated rings. The Hall–Kier alpha value is -2.49.